The van der Waals surface area contributed by atoms with Gasteiger partial charge in [0.25, 0.3) is 0 Å². The number of nitrogens with zero attached hydrogens (tertiary/aromatic N) is 2. The summed E-state index contributed by atoms with van der Waals surface area (Å²) in [6.45, 7) is 1.34. The fourth-order valence-electron chi connectivity index (χ4n) is 2.65. The fraction of sp³-hybridized carbons (Fsp3) is 0.150. The molecule has 0 saturated heterocycles. The molecule has 0 aliphatic rings. The lowest BCUT2D eigenvalue weighted by Gasteiger charge is -2.07. The van der Waals surface area contributed by atoms with Gasteiger partial charge in [-0.1, -0.05) is 24.3 Å². The highest BCUT2D eigenvalue weighted by molar-refractivity contribution is 5.91. The normalized spacial score (nSPS) is 9.58. The molecule has 0 N–H and O–H groups in total. The molecule has 26 heavy (non-hydrogen) atoms. The molecule has 6 heteroatoms. The van der Waals surface area contributed by atoms with Crippen LogP contribution < -0.4 is 43.1 Å². The topological polar surface area (TPSA) is 34.1 Å². The van der Waals surface area contributed by atoms with Crippen molar-refractivity contribution in [2.24, 2.45) is 0 Å². The lowest BCUT2D eigenvalue weighted by molar-refractivity contribution is -0.689. The van der Waals surface area contributed by atoms with Crippen LogP contribution in [0, 0.1) is 0 Å². The molecule has 1 aromatic carbocycles. The van der Waals surface area contributed by atoms with Crippen molar-refractivity contribution in [3.8, 4) is 0 Å². The van der Waals surface area contributed by atoms with Gasteiger partial charge in [0.05, 0.1) is 12.7 Å². The van der Waals surface area contributed by atoms with Crippen molar-refractivity contribution in [2.75, 3.05) is 7.11 Å². The standard InChI is InChI=1S/C20H20N2O2.2BrH/c1-24-20(23)19-14-17(15-21-10-4-2-5-11-21)8-9-18(19)16-22-12-6-3-7-13-22;;/h2-14H,15-16H2,1H3;2*1H/q+2;;/p-2. The number of pyridine rings is 2. The molecule has 0 unspecified atom stereocenters. The monoisotopic (exact) mass is 478 g/mol. The average Bonchev–Trinajstić information content (AvgIpc) is 2.64. The lowest BCUT2D eigenvalue weighted by atomic mass is 10.0. The molecule has 0 amide bonds. The van der Waals surface area contributed by atoms with Crippen LogP contribution in [-0.4, -0.2) is 13.1 Å². The van der Waals surface area contributed by atoms with Crippen LogP contribution in [-0.2, 0) is 17.8 Å². The van der Waals surface area contributed by atoms with Gasteiger partial charge in [-0.25, -0.2) is 13.9 Å². The van der Waals surface area contributed by atoms with Gasteiger partial charge >= 0.3 is 5.97 Å². The minimum absolute atomic E-state index is 0. The van der Waals surface area contributed by atoms with Crippen LogP contribution in [0.15, 0.2) is 79.4 Å². The van der Waals surface area contributed by atoms with Gasteiger partial charge in [0, 0.05) is 35.4 Å². The maximum absolute atomic E-state index is 12.2. The number of rotatable bonds is 5. The number of methoxy groups -OCH3 is 1. The molecule has 0 saturated carbocycles. The Kier molecular flexibility index (Phi) is 9.16. The van der Waals surface area contributed by atoms with Gasteiger partial charge in [-0.3, -0.25) is 0 Å². The minimum atomic E-state index is -0.304. The first kappa shape index (κ1) is 22.0. The Labute approximate surface area is 174 Å². The number of esters is 1. The maximum atomic E-state index is 12.2. The molecule has 0 aliphatic heterocycles. The van der Waals surface area contributed by atoms with Gasteiger partial charge in [-0.05, 0) is 6.07 Å². The molecular formula is C20H20Br2N2O2. The van der Waals surface area contributed by atoms with E-state index >= 15 is 0 Å². The van der Waals surface area contributed by atoms with E-state index < -0.39 is 0 Å². The second-order valence-electron chi connectivity index (χ2n) is 5.58. The number of carbonyl (C=O) groups is 1. The average molecular weight is 480 g/mol. The van der Waals surface area contributed by atoms with E-state index in [0.29, 0.717) is 18.7 Å². The largest absolute Gasteiger partial charge is 1.00 e. The third-order valence-corrected chi connectivity index (χ3v) is 3.85. The quantitative estimate of drug-likeness (QED) is 0.277. The van der Waals surface area contributed by atoms with E-state index in [4.69, 9.17) is 4.74 Å². The molecule has 0 fully saturated rings. The molecule has 0 aliphatic carbocycles. The Morgan fingerprint density at radius 3 is 1.92 bits per heavy atom. The van der Waals surface area contributed by atoms with E-state index in [1.54, 1.807) is 0 Å². The molecule has 136 valence electrons. The number of hydrogen-bond donors (Lipinski definition) is 0. The summed E-state index contributed by atoms with van der Waals surface area (Å²) in [7, 11) is 1.42. The number of benzene rings is 1. The zero-order chi connectivity index (χ0) is 16.8. The van der Waals surface area contributed by atoms with E-state index in [-0.39, 0.29) is 39.9 Å². The Hall–Kier alpha value is -2.05. The van der Waals surface area contributed by atoms with E-state index in [9.17, 15) is 4.79 Å². The highest BCUT2D eigenvalue weighted by Crippen LogP contribution is 2.14. The second kappa shape index (κ2) is 10.8. The molecule has 2 aromatic heterocycles. The molecule has 3 aromatic rings. The Balaban J connectivity index is 0.00000169. The van der Waals surface area contributed by atoms with Crippen LogP contribution in [0.3, 0.4) is 0 Å². The first-order valence-corrected chi connectivity index (χ1v) is 7.84. The van der Waals surface area contributed by atoms with E-state index in [1.165, 1.54) is 7.11 Å². The van der Waals surface area contributed by atoms with Gasteiger partial charge in [0.15, 0.2) is 37.9 Å². The summed E-state index contributed by atoms with van der Waals surface area (Å²) in [4.78, 5) is 12.2. The predicted octanol–water partition coefficient (Wildman–Crippen LogP) is -3.85. The molecule has 0 radical (unpaired) electrons. The Bertz CT molecular complexity index is 828. The third-order valence-electron chi connectivity index (χ3n) is 3.85. The van der Waals surface area contributed by atoms with Crippen LogP contribution in [0.2, 0.25) is 0 Å². The van der Waals surface area contributed by atoms with Crippen molar-refractivity contribution >= 4 is 5.97 Å². The fourth-order valence-corrected chi connectivity index (χ4v) is 2.65. The molecular weight excluding hydrogens is 460 g/mol. The van der Waals surface area contributed by atoms with Gasteiger partial charge < -0.3 is 38.7 Å². The number of halogens is 2. The second-order valence-corrected chi connectivity index (χ2v) is 5.58. The summed E-state index contributed by atoms with van der Waals surface area (Å²) >= 11 is 0. The Morgan fingerprint density at radius 1 is 0.846 bits per heavy atom. The summed E-state index contributed by atoms with van der Waals surface area (Å²) in [5.74, 6) is -0.304. The van der Waals surface area contributed by atoms with Crippen molar-refractivity contribution in [1.82, 2.24) is 0 Å². The van der Waals surface area contributed by atoms with Crippen molar-refractivity contribution in [2.45, 2.75) is 13.1 Å². The molecule has 0 atom stereocenters. The first-order chi connectivity index (χ1) is 11.8. The SMILES string of the molecule is COC(=O)c1cc(C[n+]2ccccc2)ccc1C[n+]1ccccc1.[Br-].[Br-]. The zero-order valence-electron chi connectivity index (χ0n) is 14.4. The van der Waals surface area contributed by atoms with E-state index in [1.807, 2.05) is 77.9 Å². The molecule has 3 rings (SSSR count). The number of aromatic nitrogens is 2. The summed E-state index contributed by atoms with van der Waals surface area (Å²) in [6.07, 6.45) is 7.97. The molecule has 4 nitrogen and oxygen atoms in total. The smallest absolute Gasteiger partial charge is 0.338 e. The van der Waals surface area contributed by atoms with Crippen molar-refractivity contribution in [3.63, 3.8) is 0 Å². The highest BCUT2D eigenvalue weighted by Gasteiger charge is 2.17. The maximum Gasteiger partial charge on any atom is 0.338 e. The van der Waals surface area contributed by atoms with Crippen molar-refractivity contribution in [3.05, 3.63) is 96.1 Å². The van der Waals surface area contributed by atoms with Gasteiger partial charge in [0.2, 0.25) is 0 Å². The lowest BCUT2D eigenvalue weighted by Crippen LogP contribution is -3.00. The number of carbonyl (C=O) groups excluding carboxylic acids is 1. The molecule has 0 bridgehead atoms. The third kappa shape index (κ3) is 5.75. The summed E-state index contributed by atoms with van der Waals surface area (Å²) in [6, 6.07) is 17.9. The van der Waals surface area contributed by atoms with Gasteiger partial charge in [-0.2, -0.15) is 0 Å². The van der Waals surface area contributed by atoms with Crippen LogP contribution in [0.4, 0.5) is 0 Å². The van der Waals surface area contributed by atoms with Gasteiger partial charge in [-0.15, -0.1) is 0 Å². The Morgan fingerprint density at radius 2 is 1.38 bits per heavy atom. The van der Waals surface area contributed by atoms with Crippen LogP contribution in [0.5, 0.6) is 0 Å². The summed E-state index contributed by atoms with van der Waals surface area (Å²) in [5, 5.41) is 0. The predicted molar refractivity (Wildman–Crippen MR) is 89.3 cm³/mol. The molecule has 2 heterocycles. The summed E-state index contributed by atoms with van der Waals surface area (Å²) in [5.41, 5.74) is 2.62. The van der Waals surface area contributed by atoms with Gasteiger partial charge in [0.1, 0.15) is 0 Å². The minimum Gasteiger partial charge on any atom is -1.00 e. The van der Waals surface area contributed by atoms with Crippen LogP contribution >= 0.6 is 0 Å². The zero-order valence-corrected chi connectivity index (χ0v) is 17.6. The van der Waals surface area contributed by atoms with Crippen LogP contribution in [0.25, 0.3) is 0 Å². The molecule has 0 spiro atoms. The number of hydrogen-bond acceptors (Lipinski definition) is 2. The highest BCUT2D eigenvalue weighted by atomic mass is 79.9. The van der Waals surface area contributed by atoms with E-state index in [0.717, 1.165) is 11.1 Å². The first-order valence-electron chi connectivity index (χ1n) is 7.84. The van der Waals surface area contributed by atoms with Crippen LogP contribution in [0.1, 0.15) is 21.5 Å². The van der Waals surface area contributed by atoms with E-state index in [2.05, 4.69) is 10.6 Å². The van der Waals surface area contributed by atoms with Crippen molar-refractivity contribution < 1.29 is 52.6 Å². The van der Waals surface area contributed by atoms with Crippen molar-refractivity contribution in [1.29, 1.82) is 0 Å². The summed E-state index contributed by atoms with van der Waals surface area (Å²) < 4.78 is 9.07. The number of ether oxygens (including phenoxy) is 1.